The summed E-state index contributed by atoms with van der Waals surface area (Å²) >= 11 is 3.10. The van der Waals surface area contributed by atoms with Crippen LogP contribution >= 0.6 is 23.1 Å². The number of ether oxygens (including phenoxy) is 1. The third kappa shape index (κ3) is 4.94. The number of hydrogen-bond donors (Lipinski definition) is 0. The highest BCUT2D eigenvalue weighted by atomic mass is 32.2. The van der Waals surface area contributed by atoms with Crippen molar-refractivity contribution in [2.45, 2.75) is 17.5 Å². The van der Waals surface area contributed by atoms with Gasteiger partial charge in [0, 0.05) is 23.0 Å². The van der Waals surface area contributed by atoms with Crippen LogP contribution in [0.15, 0.2) is 89.5 Å². The summed E-state index contributed by atoms with van der Waals surface area (Å²) in [6.07, 6.45) is 1.76. The first-order valence-corrected chi connectivity index (χ1v) is 12.0. The van der Waals surface area contributed by atoms with Gasteiger partial charge in [-0.3, -0.25) is 9.55 Å². The molecule has 0 amide bonds. The lowest BCUT2D eigenvalue weighted by atomic mass is 10.3. The molecule has 0 spiro atoms. The van der Waals surface area contributed by atoms with Crippen molar-refractivity contribution in [1.82, 2.24) is 24.7 Å². The Hall–Kier alpha value is -3.56. The van der Waals surface area contributed by atoms with Crippen LogP contribution in [0.5, 0.6) is 5.75 Å². The fraction of sp³-hybridized carbons (Fsp3) is 0.0833. The van der Waals surface area contributed by atoms with Gasteiger partial charge in [0.25, 0.3) is 0 Å². The number of para-hydroxylation sites is 2. The zero-order valence-corrected chi connectivity index (χ0v) is 19.0. The Morgan fingerprint density at radius 3 is 2.58 bits per heavy atom. The van der Waals surface area contributed by atoms with Crippen LogP contribution in [0.1, 0.15) is 11.5 Å². The molecule has 9 heteroatoms. The van der Waals surface area contributed by atoms with Gasteiger partial charge >= 0.3 is 0 Å². The Kier molecular flexibility index (Phi) is 6.41. The molecule has 0 aliphatic rings. The van der Waals surface area contributed by atoms with Crippen molar-refractivity contribution < 1.29 is 9.13 Å². The molecule has 0 unspecified atom stereocenters. The van der Waals surface area contributed by atoms with Crippen molar-refractivity contribution in [3.63, 3.8) is 0 Å². The van der Waals surface area contributed by atoms with Gasteiger partial charge in [-0.2, -0.15) is 0 Å². The maximum Gasteiger partial charge on any atom is 0.196 e. The van der Waals surface area contributed by atoms with Crippen molar-refractivity contribution in [2.75, 3.05) is 0 Å². The van der Waals surface area contributed by atoms with Crippen LogP contribution in [-0.2, 0) is 12.4 Å². The van der Waals surface area contributed by atoms with Gasteiger partial charge in [0.15, 0.2) is 22.5 Å². The lowest BCUT2D eigenvalue weighted by Gasteiger charge is -2.11. The van der Waals surface area contributed by atoms with Crippen molar-refractivity contribution in [1.29, 1.82) is 0 Å². The maximum absolute atomic E-state index is 14.0. The van der Waals surface area contributed by atoms with Gasteiger partial charge in [-0.25, -0.2) is 9.37 Å². The van der Waals surface area contributed by atoms with Crippen LogP contribution < -0.4 is 4.74 Å². The molecular formula is C24H18FN5OS2. The molecule has 5 rings (SSSR count). The van der Waals surface area contributed by atoms with E-state index in [1.54, 1.807) is 35.7 Å². The number of thiazole rings is 1. The molecule has 0 fully saturated rings. The maximum atomic E-state index is 14.0. The van der Waals surface area contributed by atoms with Crippen LogP contribution in [0.4, 0.5) is 4.39 Å². The summed E-state index contributed by atoms with van der Waals surface area (Å²) in [4.78, 5) is 9.07. The van der Waals surface area contributed by atoms with E-state index in [0.29, 0.717) is 16.7 Å². The molecule has 0 aliphatic carbocycles. The van der Waals surface area contributed by atoms with E-state index in [1.807, 2.05) is 58.5 Å². The van der Waals surface area contributed by atoms with Crippen LogP contribution in [-0.4, -0.2) is 24.7 Å². The van der Waals surface area contributed by atoms with Crippen LogP contribution in [0.2, 0.25) is 0 Å². The van der Waals surface area contributed by atoms with Crippen molar-refractivity contribution in [2.24, 2.45) is 0 Å². The molecule has 0 radical (unpaired) electrons. The lowest BCUT2D eigenvalue weighted by molar-refractivity contribution is 0.278. The first-order chi connectivity index (χ1) is 16.3. The highest BCUT2D eigenvalue weighted by molar-refractivity contribution is 7.98. The van der Waals surface area contributed by atoms with Crippen molar-refractivity contribution in [3.8, 4) is 22.1 Å². The molecule has 0 aliphatic heterocycles. The Balaban J connectivity index is 1.36. The van der Waals surface area contributed by atoms with E-state index >= 15 is 0 Å². The van der Waals surface area contributed by atoms with Gasteiger partial charge in [0.2, 0.25) is 0 Å². The molecule has 0 atom stereocenters. The minimum Gasteiger partial charge on any atom is -0.483 e. The zero-order chi connectivity index (χ0) is 22.5. The number of hydrogen-bond acceptors (Lipinski definition) is 7. The van der Waals surface area contributed by atoms with Gasteiger partial charge in [-0.05, 0) is 36.4 Å². The van der Waals surface area contributed by atoms with Gasteiger partial charge in [0.1, 0.15) is 11.6 Å². The van der Waals surface area contributed by atoms with E-state index in [9.17, 15) is 4.39 Å². The molecular weight excluding hydrogens is 457 g/mol. The van der Waals surface area contributed by atoms with E-state index in [-0.39, 0.29) is 12.4 Å². The molecule has 6 nitrogen and oxygen atoms in total. The molecule has 33 heavy (non-hydrogen) atoms. The fourth-order valence-corrected chi connectivity index (χ4v) is 4.91. The van der Waals surface area contributed by atoms with Gasteiger partial charge < -0.3 is 4.74 Å². The predicted octanol–water partition coefficient (Wildman–Crippen LogP) is 5.80. The number of benzene rings is 2. The second-order valence-corrected chi connectivity index (χ2v) is 8.74. The molecule has 0 N–H and O–H groups in total. The Labute approximate surface area is 198 Å². The number of rotatable bonds is 8. The third-order valence-electron chi connectivity index (χ3n) is 4.69. The monoisotopic (exact) mass is 475 g/mol. The highest BCUT2D eigenvalue weighted by Crippen LogP contribution is 2.28. The molecule has 0 saturated carbocycles. The Morgan fingerprint density at radius 1 is 0.939 bits per heavy atom. The number of thioether (sulfide) groups is 1. The predicted molar refractivity (Wildman–Crippen MR) is 127 cm³/mol. The van der Waals surface area contributed by atoms with Crippen LogP contribution in [0.3, 0.4) is 0 Å². The highest BCUT2D eigenvalue weighted by Gasteiger charge is 2.17. The van der Waals surface area contributed by atoms with Gasteiger partial charge in [-0.1, -0.05) is 48.2 Å². The number of aromatic nitrogens is 5. The average Bonchev–Trinajstić information content (AvgIpc) is 3.50. The first kappa shape index (κ1) is 21.3. The second-order valence-electron chi connectivity index (χ2n) is 6.94. The summed E-state index contributed by atoms with van der Waals surface area (Å²) in [5.74, 6) is 0.978. The lowest BCUT2D eigenvalue weighted by Crippen LogP contribution is -2.07. The van der Waals surface area contributed by atoms with E-state index in [1.165, 1.54) is 17.8 Å². The summed E-state index contributed by atoms with van der Waals surface area (Å²) in [6, 6.07) is 21.9. The van der Waals surface area contributed by atoms with Gasteiger partial charge in [-0.15, -0.1) is 21.5 Å². The van der Waals surface area contributed by atoms with E-state index in [2.05, 4.69) is 15.2 Å². The van der Waals surface area contributed by atoms with Crippen molar-refractivity contribution in [3.05, 3.63) is 102 Å². The number of halogens is 1. The van der Waals surface area contributed by atoms with Gasteiger partial charge in [0.05, 0.1) is 11.4 Å². The Bertz CT molecular complexity index is 1340. The Morgan fingerprint density at radius 2 is 1.76 bits per heavy atom. The molecule has 2 aromatic carbocycles. The fourth-order valence-electron chi connectivity index (χ4n) is 3.15. The summed E-state index contributed by atoms with van der Waals surface area (Å²) in [7, 11) is 0. The topological polar surface area (TPSA) is 65.7 Å². The number of nitrogens with zero attached hydrogens (tertiary/aromatic N) is 5. The first-order valence-electron chi connectivity index (χ1n) is 10.1. The summed E-state index contributed by atoms with van der Waals surface area (Å²) in [6.45, 7) is 0.0872. The minimum absolute atomic E-state index is 0.0872. The number of pyridine rings is 1. The van der Waals surface area contributed by atoms with Crippen LogP contribution in [0, 0.1) is 5.82 Å². The zero-order valence-electron chi connectivity index (χ0n) is 17.3. The SMILES string of the molecule is Fc1ccccc1OCc1nnc(SCc2csc(-c3ccccn3)n2)n1-c1ccccc1. The normalized spacial score (nSPS) is 10.9. The van der Waals surface area contributed by atoms with Crippen molar-refractivity contribution >= 4 is 23.1 Å². The molecule has 3 heterocycles. The van der Waals surface area contributed by atoms with E-state index < -0.39 is 5.82 Å². The van der Waals surface area contributed by atoms with Crippen LogP contribution in [0.25, 0.3) is 16.4 Å². The largest absolute Gasteiger partial charge is 0.483 e. The standard InChI is InChI=1S/C24H18FN5OS2/c25-19-10-4-5-12-21(19)31-14-22-28-29-24(30(22)18-8-2-1-3-9-18)33-16-17-15-32-23(27-17)20-11-6-7-13-26-20/h1-13,15H,14,16H2. The summed E-state index contributed by atoms with van der Waals surface area (Å²) in [5.41, 5.74) is 2.71. The quantitative estimate of drug-likeness (QED) is 0.265. The van der Waals surface area contributed by atoms with E-state index in [4.69, 9.17) is 9.72 Å². The minimum atomic E-state index is -0.412. The molecule has 3 aromatic heterocycles. The van der Waals surface area contributed by atoms with E-state index in [0.717, 1.165) is 22.1 Å². The third-order valence-corrected chi connectivity index (χ3v) is 6.57. The smallest absolute Gasteiger partial charge is 0.196 e. The second kappa shape index (κ2) is 9.93. The average molecular weight is 476 g/mol. The summed E-state index contributed by atoms with van der Waals surface area (Å²) in [5, 5.41) is 12.3. The molecule has 5 aromatic rings. The molecule has 164 valence electrons. The molecule has 0 saturated heterocycles. The summed E-state index contributed by atoms with van der Waals surface area (Å²) < 4.78 is 21.6. The molecule has 0 bridgehead atoms.